The zero-order valence-electron chi connectivity index (χ0n) is 9.59. The van der Waals surface area contributed by atoms with E-state index in [2.05, 4.69) is 9.71 Å². The first-order valence-electron chi connectivity index (χ1n) is 5.10. The summed E-state index contributed by atoms with van der Waals surface area (Å²) in [5.74, 6) is -0.797. The van der Waals surface area contributed by atoms with Crippen molar-refractivity contribution in [2.45, 2.75) is 24.8 Å². The molecule has 96 valence electrons. The van der Waals surface area contributed by atoms with Gasteiger partial charge in [-0.1, -0.05) is 13.8 Å². The van der Waals surface area contributed by atoms with Gasteiger partial charge in [0.15, 0.2) is 0 Å². The highest BCUT2D eigenvalue weighted by Gasteiger charge is 2.22. The van der Waals surface area contributed by atoms with E-state index in [1.807, 2.05) is 0 Å². The topological polar surface area (TPSA) is 79.3 Å². The molecule has 0 unspecified atom stereocenters. The Labute approximate surface area is 99.7 Å². The molecule has 1 heterocycles. The van der Waals surface area contributed by atoms with Crippen LogP contribution in [0.15, 0.2) is 23.4 Å². The van der Waals surface area contributed by atoms with E-state index in [4.69, 9.17) is 5.11 Å². The van der Waals surface area contributed by atoms with Gasteiger partial charge in [0.2, 0.25) is 10.0 Å². The Morgan fingerprint density at radius 3 is 2.59 bits per heavy atom. The molecule has 7 heteroatoms. The first kappa shape index (κ1) is 14.0. The predicted octanol–water partition coefficient (Wildman–Crippen LogP) is 0.516. The van der Waals surface area contributed by atoms with Crippen molar-refractivity contribution in [3.63, 3.8) is 0 Å². The van der Waals surface area contributed by atoms with E-state index in [1.54, 1.807) is 13.8 Å². The van der Waals surface area contributed by atoms with Crippen LogP contribution in [0.4, 0.5) is 4.39 Å². The van der Waals surface area contributed by atoms with Crippen LogP contribution in [-0.4, -0.2) is 31.2 Å². The van der Waals surface area contributed by atoms with Crippen molar-refractivity contribution in [3.8, 4) is 0 Å². The number of nitrogens with zero attached hydrogens (tertiary/aromatic N) is 1. The zero-order valence-corrected chi connectivity index (χ0v) is 10.4. The van der Waals surface area contributed by atoms with Gasteiger partial charge in [-0.3, -0.25) is 4.98 Å². The highest BCUT2D eigenvalue weighted by molar-refractivity contribution is 7.89. The zero-order chi connectivity index (χ0) is 13.1. The summed E-state index contributed by atoms with van der Waals surface area (Å²) in [6.45, 7) is 3.22. The van der Waals surface area contributed by atoms with Crippen LogP contribution >= 0.6 is 0 Å². The minimum atomic E-state index is -3.85. The van der Waals surface area contributed by atoms with Crippen molar-refractivity contribution in [3.05, 3.63) is 24.3 Å². The summed E-state index contributed by atoms with van der Waals surface area (Å²) >= 11 is 0. The number of hydrogen-bond donors (Lipinski definition) is 2. The first-order valence-corrected chi connectivity index (χ1v) is 6.59. The minimum absolute atomic E-state index is 0.0729. The van der Waals surface area contributed by atoms with Crippen molar-refractivity contribution >= 4 is 10.0 Å². The summed E-state index contributed by atoms with van der Waals surface area (Å²) in [6.07, 6.45) is 1.98. The molecule has 0 aliphatic rings. The van der Waals surface area contributed by atoms with Crippen LogP contribution in [0.3, 0.4) is 0 Å². The summed E-state index contributed by atoms with van der Waals surface area (Å²) in [7, 11) is -3.85. The Hall–Kier alpha value is -1.05. The fourth-order valence-corrected chi connectivity index (χ4v) is 2.54. The smallest absolute Gasteiger partial charge is 0.242 e. The Kier molecular flexibility index (Phi) is 4.55. The Morgan fingerprint density at radius 2 is 2.12 bits per heavy atom. The Balaban J connectivity index is 2.96. The molecule has 0 saturated carbocycles. The SMILES string of the molecule is CC(C)[C@@H](CO)NS(=O)(=O)c1cncc(F)c1. The highest BCUT2D eigenvalue weighted by atomic mass is 32.2. The summed E-state index contributed by atoms with van der Waals surface area (Å²) in [4.78, 5) is 3.22. The maximum Gasteiger partial charge on any atom is 0.242 e. The number of pyridine rings is 1. The number of aromatic nitrogens is 1. The largest absolute Gasteiger partial charge is 0.395 e. The average Bonchev–Trinajstić information content (AvgIpc) is 2.25. The lowest BCUT2D eigenvalue weighted by Gasteiger charge is -2.19. The fraction of sp³-hybridized carbons (Fsp3) is 0.500. The van der Waals surface area contributed by atoms with Gasteiger partial charge in [-0.05, 0) is 12.0 Å². The third kappa shape index (κ3) is 3.72. The van der Waals surface area contributed by atoms with Gasteiger partial charge >= 0.3 is 0 Å². The monoisotopic (exact) mass is 262 g/mol. The second-order valence-electron chi connectivity index (χ2n) is 3.99. The molecule has 0 aromatic carbocycles. The molecule has 0 saturated heterocycles. The van der Waals surface area contributed by atoms with Gasteiger partial charge in [0.05, 0.1) is 12.8 Å². The molecule has 0 aliphatic heterocycles. The van der Waals surface area contributed by atoms with Crippen molar-refractivity contribution in [2.75, 3.05) is 6.61 Å². The molecule has 0 aliphatic carbocycles. The minimum Gasteiger partial charge on any atom is -0.395 e. The van der Waals surface area contributed by atoms with Crippen LogP contribution in [0.2, 0.25) is 0 Å². The van der Waals surface area contributed by atoms with Gasteiger partial charge in [0.25, 0.3) is 0 Å². The number of hydrogen-bond acceptors (Lipinski definition) is 4. The van der Waals surface area contributed by atoms with E-state index >= 15 is 0 Å². The van der Waals surface area contributed by atoms with Crippen LogP contribution in [0.25, 0.3) is 0 Å². The van der Waals surface area contributed by atoms with Gasteiger partial charge in [0.1, 0.15) is 10.7 Å². The number of halogens is 1. The molecule has 1 aromatic rings. The standard InChI is InChI=1S/C10H15FN2O3S/c1-7(2)10(6-14)13-17(15,16)9-3-8(11)4-12-5-9/h3-5,7,10,13-14H,6H2,1-2H3/t10-/m1/s1. The molecule has 0 radical (unpaired) electrons. The molecule has 0 fully saturated rings. The van der Waals surface area contributed by atoms with E-state index in [9.17, 15) is 12.8 Å². The lowest BCUT2D eigenvalue weighted by molar-refractivity contribution is 0.227. The van der Waals surface area contributed by atoms with Crippen LogP contribution < -0.4 is 4.72 Å². The average molecular weight is 262 g/mol. The molecule has 17 heavy (non-hydrogen) atoms. The normalized spacial score (nSPS) is 13.9. The van der Waals surface area contributed by atoms with E-state index in [0.29, 0.717) is 0 Å². The summed E-state index contributed by atoms with van der Waals surface area (Å²) < 4.78 is 38.8. The van der Waals surface area contributed by atoms with E-state index in [-0.39, 0.29) is 17.4 Å². The predicted molar refractivity (Wildman–Crippen MR) is 60.2 cm³/mol. The Morgan fingerprint density at radius 1 is 1.47 bits per heavy atom. The van der Waals surface area contributed by atoms with Crippen molar-refractivity contribution in [2.24, 2.45) is 5.92 Å². The fourth-order valence-electron chi connectivity index (χ4n) is 1.19. The lowest BCUT2D eigenvalue weighted by atomic mass is 10.1. The van der Waals surface area contributed by atoms with Crippen LogP contribution in [0.1, 0.15) is 13.8 Å². The maximum atomic E-state index is 12.9. The Bertz CT molecular complexity index is 476. The number of aliphatic hydroxyl groups is 1. The second kappa shape index (κ2) is 5.52. The molecule has 0 amide bonds. The van der Waals surface area contributed by atoms with Crippen molar-refractivity contribution in [1.29, 1.82) is 0 Å². The third-order valence-corrected chi connectivity index (χ3v) is 3.75. The van der Waals surface area contributed by atoms with E-state index in [1.165, 1.54) is 0 Å². The van der Waals surface area contributed by atoms with Crippen LogP contribution in [-0.2, 0) is 10.0 Å². The molecular weight excluding hydrogens is 247 g/mol. The van der Waals surface area contributed by atoms with Gasteiger partial charge in [-0.25, -0.2) is 17.5 Å². The molecule has 2 N–H and O–H groups in total. The molecule has 1 aromatic heterocycles. The molecule has 1 rings (SSSR count). The van der Waals surface area contributed by atoms with Crippen LogP contribution in [0, 0.1) is 11.7 Å². The molecule has 5 nitrogen and oxygen atoms in total. The quantitative estimate of drug-likeness (QED) is 0.810. The van der Waals surface area contributed by atoms with E-state index in [0.717, 1.165) is 18.5 Å². The molecule has 1 atom stereocenters. The lowest BCUT2D eigenvalue weighted by Crippen LogP contribution is -2.41. The summed E-state index contributed by atoms with van der Waals surface area (Å²) in [5, 5.41) is 9.04. The maximum absolute atomic E-state index is 12.9. The van der Waals surface area contributed by atoms with E-state index < -0.39 is 21.9 Å². The summed E-state index contributed by atoms with van der Waals surface area (Å²) in [6, 6.07) is 0.271. The number of rotatable bonds is 5. The third-order valence-electron chi connectivity index (χ3n) is 2.30. The van der Waals surface area contributed by atoms with Gasteiger partial charge in [0, 0.05) is 12.2 Å². The molecule has 0 spiro atoms. The number of nitrogens with one attached hydrogen (secondary N) is 1. The van der Waals surface area contributed by atoms with Crippen molar-refractivity contribution < 1.29 is 17.9 Å². The molecule has 0 bridgehead atoms. The van der Waals surface area contributed by atoms with Gasteiger partial charge in [-0.15, -0.1) is 0 Å². The van der Waals surface area contributed by atoms with Crippen molar-refractivity contribution in [1.82, 2.24) is 9.71 Å². The number of sulfonamides is 1. The van der Waals surface area contributed by atoms with Gasteiger partial charge < -0.3 is 5.11 Å². The van der Waals surface area contributed by atoms with Gasteiger partial charge in [-0.2, -0.15) is 0 Å². The highest BCUT2D eigenvalue weighted by Crippen LogP contribution is 2.11. The van der Waals surface area contributed by atoms with Crippen LogP contribution in [0.5, 0.6) is 0 Å². The second-order valence-corrected chi connectivity index (χ2v) is 5.71. The first-order chi connectivity index (χ1) is 7.86. The summed E-state index contributed by atoms with van der Waals surface area (Å²) in [5.41, 5.74) is 0. The molecular formula is C10H15FN2O3S. The number of aliphatic hydroxyl groups excluding tert-OH is 1.